The van der Waals surface area contributed by atoms with Gasteiger partial charge < -0.3 is 15.5 Å². The molecule has 0 aliphatic rings. The molecule has 0 fully saturated rings. The molecule has 5 heteroatoms. The summed E-state index contributed by atoms with van der Waals surface area (Å²) in [5.74, 6) is -0.256. The van der Waals surface area contributed by atoms with Crippen LogP contribution in [0.3, 0.4) is 0 Å². The molecule has 1 heterocycles. The molecule has 0 saturated carbocycles. The molecule has 1 rings (SSSR count). The summed E-state index contributed by atoms with van der Waals surface area (Å²) in [6.07, 6.45) is 0. The van der Waals surface area contributed by atoms with Gasteiger partial charge in [-0.2, -0.15) is 0 Å². The van der Waals surface area contributed by atoms with Crippen molar-refractivity contribution in [1.82, 2.24) is 5.32 Å². The number of hydrogen-bond acceptors (Lipinski definition) is 4. The van der Waals surface area contributed by atoms with Gasteiger partial charge in [0.15, 0.2) is 0 Å². The molecule has 84 valence electrons. The van der Waals surface area contributed by atoms with Crippen LogP contribution < -0.4 is 5.32 Å². The summed E-state index contributed by atoms with van der Waals surface area (Å²) in [4.78, 5) is 12.4. The zero-order valence-corrected chi connectivity index (χ0v) is 9.60. The molecule has 15 heavy (non-hydrogen) atoms. The van der Waals surface area contributed by atoms with Gasteiger partial charge in [-0.15, -0.1) is 11.3 Å². The van der Waals surface area contributed by atoms with E-state index >= 15 is 0 Å². The van der Waals surface area contributed by atoms with E-state index in [4.69, 9.17) is 10.2 Å². The summed E-state index contributed by atoms with van der Waals surface area (Å²) < 4.78 is 0. The van der Waals surface area contributed by atoms with Crippen LogP contribution in [-0.4, -0.2) is 34.9 Å². The first-order valence-corrected chi connectivity index (χ1v) is 5.49. The summed E-state index contributed by atoms with van der Waals surface area (Å²) in [5.41, 5.74) is -0.0659. The van der Waals surface area contributed by atoms with E-state index in [9.17, 15) is 4.79 Å². The van der Waals surface area contributed by atoms with Crippen molar-refractivity contribution in [2.24, 2.45) is 0 Å². The molecule has 0 spiro atoms. The fourth-order valence-corrected chi connectivity index (χ4v) is 1.89. The van der Waals surface area contributed by atoms with Gasteiger partial charge in [0.2, 0.25) is 0 Å². The molecule has 0 aliphatic carbocycles. The smallest absolute Gasteiger partial charge is 0.262 e. The summed E-state index contributed by atoms with van der Waals surface area (Å²) in [6, 6.07) is 1.86. The van der Waals surface area contributed by atoms with E-state index in [0.717, 1.165) is 5.56 Å². The Bertz CT molecular complexity index is 344. The lowest BCUT2D eigenvalue weighted by Gasteiger charge is -2.25. The molecule has 0 bridgehead atoms. The SMILES string of the molecule is Cc1ccsc1C(=O)NC(C)(CO)CO. The van der Waals surface area contributed by atoms with E-state index in [0.29, 0.717) is 4.88 Å². The van der Waals surface area contributed by atoms with Gasteiger partial charge in [-0.3, -0.25) is 4.79 Å². The zero-order chi connectivity index (χ0) is 11.5. The van der Waals surface area contributed by atoms with E-state index in [-0.39, 0.29) is 19.1 Å². The molecule has 0 aromatic carbocycles. The monoisotopic (exact) mass is 229 g/mol. The third-order valence-electron chi connectivity index (χ3n) is 2.18. The van der Waals surface area contributed by atoms with Crippen LogP contribution in [0, 0.1) is 6.92 Å². The first kappa shape index (κ1) is 12.2. The van der Waals surface area contributed by atoms with Gasteiger partial charge in [-0.1, -0.05) is 0 Å². The summed E-state index contributed by atoms with van der Waals surface area (Å²) in [5, 5.41) is 22.5. The van der Waals surface area contributed by atoms with Gasteiger partial charge in [0.05, 0.1) is 23.6 Å². The fourth-order valence-electron chi connectivity index (χ4n) is 1.07. The Kier molecular flexibility index (Phi) is 3.84. The van der Waals surface area contributed by atoms with E-state index in [1.165, 1.54) is 11.3 Å². The topological polar surface area (TPSA) is 69.6 Å². The van der Waals surface area contributed by atoms with Gasteiger partial charge in [-0.05, 0) is 30.9 Å². The number of carbonyl (C=O) groups excluding carboxylic acids is 1. The van der Waals surface area contributed by atoms with Gasteiger partial charge in [0.1, 0.15) is 0 Å². The van der Waals surface area contributed by atoms with E-state index in [1.54, 1.807) is 6.92 Å². The van der Waals surface area contributed by atoms with Crippen molar-refractivity contribution in [2.75, 3.05) is 13.2 Å². The number of rotatable bonds is 4. The molecular formula is C10H15NO3S. The predicted octanol–water partition coefficient (Wildman–Crippen LogP) is 0.530. The van der Waals surface area contributed by atoms with Crippen LogP contribution in [0.2, 0.25) is 0 Å². The maximum atomic E-state index is 11.7. The highest BCUT2D eigenvalue weighted by atomic mass is 32.1. The predicted molar refractivity (Wildman–Crippen MR) is 59.1 cm³/mol. The standard InChI is InChI=1S/C10H15NO3S/c1-7-3-4-15-8(7)9(14)11-10(2,5-12)6-13/h3-4,12-13H,5-6H2,1-2H3,(H,11,14). The zero-order valence-electron chi connectivity index (χ0n) is 8.78. The van der Waals surface area contributed by atoms with Crippen molar-refractivity contribution in [3.05, 3.63) is 21.9 Å². The van der Waals surface area contributed by atoms with Crippen LogP contribution in [0.5, 0.6) is 0 Å². The highest BCUT2D eigenvalue weighted by molar-refractivity contribution is 7.12. The van der Waals surface area contributed by atoms with Gasteiger partial charge in [0.25, 0.3) is 5.91 Å². The minimum absolute atomic E-state index is 0.256. The number of aryl methyl sites for hydroxylation is 1. The van der Waals surface area contributed by atoms with Crippen molar-refractivity contribution in [3.8, 4) is 0 Å². The van der Waals surface area contributed by atoms with E-state index < -0.39 is 5.54 Å². The highest BCUT2D eigenvalue weighted by Crippen LogP contribution is 2.16. The van der Waals surface area contributed by atoms with E-state index in [2.05, 4.69) is 5.32 Å². The van der Waals surface area contributed by atoms with Crippen LogP contribution in [0.25, 0.3) is 0 Å². The molecule has 3 N–H and O–H groups in total. The van der Waals surface area contributed by atoms with E-state index in [1.807, 2.05) is 18.4 Å². The first-order chi connectivity index (χ1) is 7.02. The second-order valence-corrected chi connectivity index (χ2v) is 4.68. The van der Waals surface area contributed by atoms with Crippen LogP contribution >= 0.6 is 11.3 Å². The third-order valence-corrected chi connectivity index (χ3v) is 3.20. The van der Waals surface area contributed by atoms with Crippen molar-refractivity contribution in [1.29, 1.82) is 0 Å². The molecule has 0 radical (unpaired) electrons. The van der Waals surface area contributed by atoms with Crippen molar-refractivity contribution in [3.63, 3.8) is 0 Å². The highest BCUT2D eigenvalue weighted by Gasteiger charge is 2.26. The maximum absolute atomic E-state index is 11.7. The number of carbonyl (C=O) groups is 1. The molecule has 4 nitrogen and oxygen atoms in total. The van der Waals surface area contributed by atoms with Crippen molar-refractivity contribution in [2.45, 2.75) is 19.4 Å². The molecule has 0 unspecified atom stereocenters. The summed E-state index contributed by atoms with van der Waals surface area (Å²) >= 11 is 1.34. The lowest BCUT2D eigenvalue weighted by atomic mass is 10.1. The van der Waals surface area contributed by atoms with Crippen molar-refractivity contribution >= 4 is 17.2 Å². The number of aliphatic hydroxyl groups is 2. The number of amides is 1. The lowest BCUT2D eigenvalue weighted by molar-refractivity contribution is 0.0727. The maximum Gasteiger partial charge on any atom is 0.262 e. The van der Waals surface area contributed by atoms with Gasteiger partial charge >= 0.3 is 0 Å². The molecule has 0 atom stereocenters. The Morgan fingerprint density at radius 2 is 2.13 bits per heavy atom. The van der Waals surface area contributed by atoms with Gasteiger partial charge in [0, 0.05) is 0 Å². The lowest BCUT2D eigenvalue weighted by Crippen LogP contribution is -2.51. The second kappa shape index (κ2) is 4.74. The van der Waals surface area contributed by atoms with Crippen LogP contribution in [0.1, 0.15) is 22.2 Å². The molecule has 1 aromatic heterocycles. The quantitative estimate of drug-likeness (QED) is 0.705. The van der Waals surface area contributed by atoms with Crippen LogP contribution in [0.4, 0.5) is 0 Å². The van der Waals surface area contributed by atoms with Crippen LogP contribution in [0.15, 0.2) is 11.4 Å². The Labute approximate surface area is 92.6 Å². The Balaban J connectivity index is 2.76. The summed E-state index contributed by atoms with van der Waals surface area (Å²) in [7, 11) is 0. The average molecular weight is 229 g/mol. The number of nitrogens with one attached hydrogen (secondary N) is 1. The van der Waals surface area contributed by atoms with Gasteiger partial charge in [-0.25, -0.2) is 0 Å². The Morgan fingerprint density at radius 1 is 1.53 bits per heavy atom. The Hall–Kier alpha value is -0.910. The Morgan fingerprint density at radius 3 is 2.53 bits per heavy atom. The second-order valence-electron chi connectivity index (χ2n) is 3.76. The molecular weight excluding hydrogens is 214 g/mol. The largest absolute Gasteiger partial charge is 0.394 e. The number of hydrogen-bond donors (Lipinski definition) is 3. The molecule has 0 saturated heterocycles. The minimum Gasteiger partial charge on any atom is -0.394 e. The normalized spacial score (nSPS) is 11.5. The average Bonchev–Trinajstić information content (AvgIpc) is 2.64. The van der Waals surface area contributed by atoms with Crippen molar-refractivity contribution < 1.29 is 15.0 Å². The molecule has 0 aliphatic heterocycles. The number of aliphatic hydroxyl groups excluding tert-OH is 2. The molecule has 1 amide bonds. The first-order valence-electron chi connectivity index (χ1n) is 4.61. The minimum atomic E-state index is -0.965. The third kappa shape index (κ3) is 2.77. The fraction of sp³-hybridized carbons (Fsp3) is 0.500. The number of thiophene rings is 1. The van der Waals surface area contributed by atoms with Crippen LogP contribution in [-0.2, 0) is 0 Å². The summed E-state index contributed by atoms with van der Waals surface area (Å²) in [6.45, 7) is 2.85. The molecule has 1 aromatic rings.